The number of aryl methyl sites for hydroxylation is 1. The second kappa shape index (κ2) is 10.2. The van der Waals surface area contributed by atoms with E-state index in [1.807, 2.05) is 24.4 Å². The van der Waals surface area contributed by atoms with Crippen LogP contribution >= 0.6 is 22.9 Å². The van der Waals surface area contributed by atoms with Crippen LogP contribution in [0.5, 0.6) is 11.5 Å². The predicted octanol–water partition coefficient (Wildman–Crippen LogP) is 6.59. The molecule has 0 aliphatic rings. The van der Waals surface area contributed by atoms with Crippen molar-refractivity contribution in [1.29, 1.82) is 0 Å². The van der Waals surface area contributed by atoms with Crippen molar-refractivity contribution in [3.63, 3.8) is 0 Å². The van der Waals surface area contributed by atoms with E-state index in [2.05, 4.69) is 4.74 Å². The Morgan fingerprint density at radius 3 is 2.44 bits per heavy atom. The Kier molecular flexibility index (Phi) is 7.14. The number of benzene rings is 3. The molecule has 34 heavy (non-hydrogen) atoms. The maximum atomic E-state index is 12.4. The van der Waals surface area contributed by atoms with Crippen LogP contribution in [0.15, 0.2) is 72.1 Å². The smallest absolute Gasteiger partial charge is 0.387 e. The van der Waals surface area contributed by atoms with Gasteiger partial charge in [0.1, 0.15) is 18.1 Å². The van der Waals surface area contributed by atoms with Gasteiger partial charge in [-0.15, -0.1) is 11.3 Å². The van der Waals surface area contributed by atoms with E-state index in [-0.39, 0.29) is 17.9 Å². The molecule has 0 N–H and O–H groups in total. The summed E-state index contributed by atoms with van der Waals surface area (Å²) in [4.78, 5) is 12.1. The highest BCUT2D eigenvalue weighted by Gasteiger charge is 2.16. The fraction of sp³-hybridized carbons (Fsp3) is 0.115. The third-order valence-electron chi connectivity index (χ3n) is 5.15. The summed E-state index contributed by atoms with van der Waals surface area (Å²) in [5.41, 5.74) is 4.28. The first-order valence-electron chi connectivity index (χ1n) is 10.2. The number of carboxylic acid groups (broad SMARTS) is 1. The van der Waals surface area contributed by atoms with Crippen LogP contribution in [0.4, 0.5) is 8.78 Å². The Hall–Kier alpha value is -3.42. The molecular weight excluding hydrogens is 482 g/mol. The van der Waals surface area contributed by atoms with Gasteiger partial charge in [-0.1, -0.05) is 35.9 Å². The lowest BCUT2D eigenvalue weighted by Gasteiger charge is -2.15. The summed E-state index contributed by atoms with van der Waals surface area (Å²) in [6, 6.07) is 18.4. The van der Waals surface area contributed by atoms with Crippen LogP contribution in [0.1, 0.15) is 21.5 Å². The van der Waals surface area contributed by atoms with Gasteiger partial charge in [-0.3, -0.25) is 0 Å². The maximum Gasteiger partial charge on any atom is 0.387 e. The molecule has 0 radical (unpaired) electrons. The fourth-order valence-corrected chi connectivity index (χ4v) is 4.72. The number of carbonyl (C=O) groups excluding carboxylic acids is 1. The van der Waals surface area contributed by atoms with Crippen LogP contribution in [-0.4, -0.2) is 12.6 Å². The molecule has 0 aliphatic carbocycles. The molecule has 0 atom stereocenters. The Morgan fingerprint density at radius 2 is 1.76 bits per heavy atom. The largest absolute Gasteiger partial charge is 0.545 e. The molecule has 4 nitrogen and oxygen atoms in total. The van der Waals surface area contributed by atoms with Crippen LogP contribution < -0.4 is 14.6 Å². The minimum Gasteiger partial charge on any atom is -0.545 e. The van der Waals surface area contributed by atoms with Gasteiger partial charge in [0.15, 0.2) is 0 Å². The number of rotatable bonds is 8. The lowest BCUT2D eigenvalue weighted by molar-refractivity contribution is -0.255. The van der Waals surface area contributed by atoms with Crippen molar-refractivity contribution in [2.45, 2.75) is 20.1 Å². The first-order chi connectivity index (χ1) is 16.3. The van der Waals surface area contributed by atoms with E-state index in [0.717, 1.165) is 32.7 Å². The van der Waals surface area contributed by atoms with Crippen molar-refractivity contribution in [3.8, 4) is 33.1 Å². The Bertz CT molecular complexity index is 1320. The topological polar surface area (TPSA) is 58.6 Å². The summed E-state index contributed by atoms with van der Waals surface area (Å²) in [6.45, 7) is -0.816. The normalized spacial score (nSPS) is 11.0. The molecule has 0 spiro atoms. The molecule has 0 saturated heterocycles. The van der Waals surface area contributed by atoms with Gasteiger partial charge >= 0.3 is 6.61 Å². The van der Waals surface area contributed by atoms with E-state index in [1.165, 1.54) is 29.5 Å². The zero-order valence-electron chi connectivity index (χ0n) is 17.9. The third-order valence-corrected chi connectivity index (χ3v) is 6.33. The molecule has 3 aromatic carbocycles. The monoisotopic (exact) mass is 499 g/mol. The van der Waals surface area contributed by atoms with E-state index in [9.17, 15) is 18.7 Å². The first-order valence-corrected chi connectivity index (χ1v) is 11.4. The number of alkyl halides is 2. The number of aromatic carboxylic acids is 1. The second-order valence-electron chi connectivity index (χ2n) is 7.43. The minimum absolute atomic E-state index is 0.0777. The zero-order chi connectivity index (χ0) is 24.2. The number of thiophene rings is 1. The van der Waals surface area contributed by atoms with Gasteiger partial charge in [0, 0.05) is 21.0 Å². The summed E-state index contributed by atoms with van der Waals surface area (Å²) in [7, 11) is 0. The van der Waals surface area contributed by atoms with E-state index in [4.69, 9.17) is 16.3 Å². The Morgan fingerprint density at radius 1 is 1.00 bits per heavy atom. The van der Waals surface area contributed by atoms with Gasteiger partial charge in [-0.2, -0.15) is 8.78 Å². The molecule has 0 amide bonds. The van der Waals surface area contributed by atoms with Crippen LogP contribution in [0.3, 0.4) is 0 Å². The van der Waals surface area contributed by atoms with Gasteiger partial charge in [-0.25, -0.2) is 0 Å². The fourth-order valence-electron chi connectivity index (χ4n) is 3.54. The van der Waals surface area contributed by atoms with Crippen LogP contribution in [-0.2, 0) is 6.61 Å². The van der Waals surface area contributed by atoms with E-state index in [1.54, 1.807) is 36.4 Å². The van der Waals surface area contributed by atoms with Gasteiger partial charge in [0.2, 0.25) is 0 Å². The first kappa shape index (κ1) is 23.7. The van der Waals surface area contributed by atoms with Crippen LogP contribution in [0.25, 0.3) is 21.6 Å². The van der Waals surface area contributed by atoms with Gasteiger partial charge < -0.3 is 19.4 Å². The van der Waals surface area contributed by atoms with Crippen molar-refractivity contribution >= 4 is 28.9 Å². The lowest BCUT2D eigenvalue weighted by atomic mass is 9.98. The van der Waals surface area contributed by atoms with Crippen molar-refractivity contribution in [1.82, 2.24) is 0 Å². The molecule has 1 heterocycles. The predicted molar refractivity (Wildman–Crippen MR) is 127 cm³/mol. The summed E-state index contributed by atoms with van der Waals surface area (Å²) >= 11 is 7.82. The zero-order valence-corrected chi connectivity index (χ0v) is 19.5. The number of carboxylic acids is 1. The molecule has 0 aliphatic heterocycles. The summed E-state index contributed by atoms with van der Waals surface area (Å²) in [5, 5.41) is 13.7. The quantitative estimate of drug-likeness (QED) is 0.274. The van der Waals surface area contributed by atoms with Crippen LogP contribution in [0, 0.1) is 6.92 Å². The highest BCUT2D eigenvalue weighted by atomic mass is 35.5. The molecular formula is C26H18ClF2O4S-. The average Bonchev–Trinajstić information content (AvgIpc) is 3.28. The van der Waals surface area contributed by atoms with Gasteiger partial charge in [0.05, 0.1) is 5.97 Å². The lowest BCUT2D eigenvalue weighted by Crippen LogP contribution is -2.22. The van der Waals surface area contributed by atoms with E-state index >= 15 is 0 Å². The van der Waals surface area contributed by atoms with Crippen molar-refractivity contribution in [2.75, 3.05) is 0 Å². The Balaban J connectivity index is 1.63. The molecule has 0 saturated carbocycles. The summed E-state index contributed by atoms with van der Waals surface area (Å²) < 4.78 is 35.1. The SMILES string of the molecule is Cc1cc(C(=O)[O-])ccc1-c1sccc1-c1cc(Cl)ccc1OCc1ccc(OC(F)F)cc1. The third kappa shape index (κ3) is 5.38. The number of halogens is 3. The van der Waals surface area contributed by atoms with E-state index in [0.29, 0.717) is 10.8 Å². The van der Waals surface area contributed by atoms with Gasteiger partial charge in [0.25, 0.3) is 0 Å². The number of hydrogen-bond donors (Lipinski definition) is 0. The number of ether oxygens (including phenoxy) is 2. The van der Waals surface area contributed by atoms with Crippen molar-refractivity contribution in [2.24, 2.45) is 0 Å². The van der Waals surface area contributed by atoms with Crippen molar-refractivity contribution < 1.29 is 28.2 Å². The van der Waals surface area contributed by atoms with E-state index < -0.39 is 12.6 Å². The number of carbonyl (C=O) groups is 1. The molecule has 174 valence electrons. The van der Waals surface area contributed by atoms with Gasteiger partial charge in [-0.05, 0) is 77.0 Å². The number of hydrogen-bond acceptors (Lipinski definition) is 5. The van der Waals surface area contributed by atoms with Crippen molar-refractivity contribution in [3.05, 3.63) is 93.8 Å². The average molecular weight is 500 g/mol. The molecule has 4 rings (SSSR count). The highest BCUT2D eigenvalue weighted by molar-refractivity contribution is 7.14. The molecule has 4 aromatic rings. The standard InChI is InChI=1S/C26H19ClF2O4S/c1-15-12-17(25(30)31)4-8-20(15)24-21(10-11-34-24)22-13-18(27)5-9-23(22)32-14-16-2-6-19(7-3-16)33-26(28)29/h2-13,26H,14H2,1H3,(H,30,31)/p-1. The minimum atomic E-state index is -2.88. The Labute approximate surface area is 204 Å². The summed E-state index contributed by atoms with van der Waals surface area (Å²) in [5.74, 6) is -0.546. The molecule has 8 heteroatoms. The molecule has 1 aromatic heterocycles. The molecule has 0 bridgehead atoms. The molecule has 0 fully saturated rings. The second-order valence-corrected chi connectivity index (χ2v) is 8.78. The highest BCUT2D eigenvalue weighted by Crippen LogP contribution is 2.43. The van der Waals surface area contributed by atoms with Crippen LogP contribution in [0.2, 0.25) is 5.02 Å². The molecule has 0 unspecified atom stereocenters. The maximum absolute atomic E-state index is 12.4. The summed E-state index contributed by atoms with van der Waals surface area (Å²) in [6.07, 6.45) is 0.